The third-order valence-corrected chi connectivity index (χ3v) is 4.29. The first-order chi connectivity index (χ1) is 12.4. The highest BCUT2D eigenvalue weighted by Gasteiger charge is 2.19. The quantitative estimate of drug-likeness (QED) is 0.754. The fourth-order valence-electron chi connectivity index (χ4n) is 3.22. The van der Waals surface area contributed by atoms with E-state index in [0.29, 0.717) is 18.1 Å². The molecule has 0 bridgehead atoms. The molecule has 3 aromatic rings. The van der Waals surface area contributed by atoms with Gasteiger partial charge in [0, 0.05) is 17.8 Å². The van der Waals surface area contributed by atoms with Gasteiger partial charge in [-0.25, -0.2) is 0 Å². The van der Waals surface area contributed by atoms with Gasteiger partial charge in [0.05, 0.1) is 0 Å². The predicted molar refractivity (Wildman–Crippen MR) is 101 cm³/mol. The third kappa shape index (κ3) is 3.69. The van der Waals surface area contributed by atoms with E-state index in [0.717, 1.165) is 33.8 Å². The number of anilines is 1. The first kappa shape index (κ1) is 17.9. The lowest BCUT2D eigenvalue weighted by Crippen LogP contribution is -2.20. The van der Waals surface area contributed by atoms with E-state index in [2.05, 4.69) is 21.5 Å². The highest BCUT2D eigenvalue weighted by Crippen LogP contribution is 2.26. The standard InChI is InChI=1S/C20H24N4O2/c1-6-17-22-20(26-23-17)19-14(4)10-15(5)24(19)11-18(25)21-16-8-12(2)7-13(3)9-16/h7-10H,6,11H2,1-5H3,(H,21,25). The smallest absolute Gasteiger partial charge is 0.274 e. The molecule has 0 aliphatic carbocycles. The van der Waals surface area contributed by atoms with Crippen LogP contribution >= 0.6 is 0 Å². The maximum atomic E-state index is 12.6. The summed E-state index contributed by atoms with van der Waals surface area (Å²) in [5.74, 6) is 1.02. The molecule has 1 N–H and O–H groups in total. The van der Waals surface area contributed by atoms with Crippen molar-refractivity contribution < 1.29 is 9.32 Å². The van der Waals surface area contributed by atoms with Crippen molar-refractivity contribution in [2.24, 2.45) is 0 Å². The fourth-order valence-corrected chi connectivity index (χ4v) is 3.22. The maximum absolute atomic E-state index is 12.6. The van der Waals surface area contributed by atoms with Gasteiger partial charge in [-0.3, -0.25) is 4.79 Å². The summed E-state index contributed by atoms with van der Waals surface area (Å²) >= 11 is 0. The van der Waals surface area contributed by atoms with Crippen LogP contribution in [-0.2, 0) is 17.8 Å². The van der Waals surface area contributed by atoms with Crippen LogP contribution in [0.3, 0.4) is 0 Å². The fraction of sp³-hybridized carbons (Fsp3) is 0.350. The van der Waals surface area contributed by atoms with Crippen LogP contribution in [-0.4, -0.2) is 20.6 Å². The lowest BCUT2D eigenvalue weighted by Gasteiger charge is -2.11. The van der Waals surface area contributed by atoms with Crippen molar-refractivity contribution in [3.63, 3.8) is 0 Å². The number of hydrogen-bond donors (Lipinski definition) is 1. The normalized spacial score (nSPS) is 11.0. The number of nitrogens with one attached hydrogen (secondary N) is 1. The SMILES string of the molecule is CCc1noc(-c2c(C)cc(C)n2CC(=O)Nc2cc(C)cc(C)c2)n1. The minimum Gasteiger partial charge on any atom is -0.332 e. The van der Waals surface area contributed by atoms with Crippen molar-refractivity contribution in [3.05, 3.63) is 52.5 Å². The summed E-state index contributed by atoms with van der Waals surface area (Å²) in [5.41, 5.74) is 5.82. The molecule has 0 aliphatic heterocycles. The molecule has 26 heavy (non-hydrogen) atoms. The number of aryl methyl sites for hydroxylation is 5. The molecule has 0 aliphatic rings. The summed E-state index contributed by atoms with van der Waals surface area (Å²) < 4.78 is 7.31. The third-order valence-electron chi connectivity index (χ3n) is 4.29. The first-order valence-corrected chi connectivity index (χ1v) is 8.75. The second-order valence-corrected chi connectivity index (χ2v) is 6.70. The molecule has 0 spiro atoms. The molecule has 0 unspecified atom stereocenters. The predicted octanol–water partition coefficient (Wildman–Crippen LogP) is 3.97. The van der Waals surface area contributed by atoms with Gasteiger partial charge in [-0.15, -0.1) is 0 Å². The summed E-state index contributed by atoms with van der Waals surface area (Å²) in [4.78, 5) is 17.0. The average molecular weight is 352 g/mol. The van der Waals surface area contributed by atoms with Gasteiger partial charge in [0.2, 0.25) is 5.91 Å². The molecule has 0 atom stereocenters. The second kappa shape index (κ2) is 7.15. The Bertz CT molecular complexity index is 933. The zero-order valence-corrected chi connectivity index (χ0v) is 15.9. The summed E-state index contributed by atoms with van der Waals surface area (Å²) in [6, 6.07) is 8.03. The Kier molecular flexibility index (Phi) is 4.93. The Morgan fingerprint density at radius 1 is 1.12 bits per heavy atom. The van der Waals surface area contributed by atoms with Crippen LogP contribution in [0.1, 0.15) is 35.1 Å². The molecular weight excluding hydrogens is 328 g/mol. The highest BCUT2D eigenvalue weighted by molar-refractivity contribution is 5.91. The molecule has 2 heterocycles. The van der Waals surface area contributed by atoms with E-state index in [1.807, 2.05) is 57.4 Å². The van der Waals surface area contributed by atoms with Gasteiger partial charge in [0.1, 0.15) is 12.2 Å². The molecule has 6 heteroatoms. The summed E-state index contributed by atoms with van der Waals surface area (Å²) in [7, 11) is 0. The van der Waals surface area contributed by atoms with Crippen LogP contribution in [0.15, 0.2) is 28.8 Å². The number of carbonyl (C=O) groups excluding carboxylic acids is 1. The van der Waals surface area contributed by atoms with Crippen molar-refractivity contribution in [2.45, 2.75) is 47.6 Å². The van der Waals surface area contributed by atoms with E-state index >= 15 is 0 Å². The van der Waals surface area contributed by atoms with Crippen LogP contribution in [0.2, 0.25) is 0 Å². The molecule has 0 saturated carbocycles. The van der Waals surface area contributed by atoms with E-state index in [4.69, 9.17) is 4.52 Å². The summed E-state index contributed by atoms with van der Waals surface area (Å²) in [5, 5.41) is 6.95. The minimum atomic E-state index is -0.0924. The zero-order chi connectivity index (χ0) is 18.8. The number of rotatable bonds is 5. The Hall–Kier alpha value is -2.89. The monoisotopic (exact) mass is 352 g/mol. The number of amides is 1. The van der Waals surface area contributed by atoms with Gasteiger partial charge in [-0.2, -0.15) is 4.98 Å². The highest BCUT2D eigenvalue weighted by atomic mass is 16.5. The van der Waals surface area contributed by atoms with Gasteiger partial charge in [0.25, 0.3) is 5.89 Å². The van der Waals surface area contributed by atoms with Gasteiger partial charge in [0.15, 0.2) is 5.82 Å². The van der Waals surface area contributed by atoms with Crippen molar-refractivity contribution in [1.82, 2.24) is 14.7 Å². The van der Waals surface area contributed by atoms with Crippen molar-refractivity contribution in [2.75, 3.05) is 5.32 Å². The molecule has 0 saturated heterocycles. The van der Waals surface area contributed by atoms with E-state index in [1.165, 1.54) is 0 Å². The lowest BCUT2D eigenvalue weighted by molar-refractivity contribution is -0.116. The van der Waals surface area contributed by atoms with Crippen LogP contribution in [0, 0.1) is 27.7 Å². The molecule has 1 aromatic carbocycles. The molecular formula is C20H24N4O2. The van der Waals surface area contributed by atoms with Gasteiger partial charge in [-0.05, 0) is 62.6 Å². The Morgan fingerprint density at radius 3 is 2.42 bits per heavy atom. The Balaban J connectivity index is 1.86. The minimum absolute atomic E-state index is 0.0924. The van der Waals surface area contributed by atoms with E-state index in [9.17, 15) is 4.79 Å². The molecule has 6 nitrogen and oxygen atoms in total. The van der Waals surface area contributed by atoms with Crippen LogP contribution in [0.4, 0.5) is 5.69 Å². The lowest BCUT2D eigenvalue weighted by atomic mass is 10.1. The Labute approximate surface area is 153 Å². The molecule has 0 radical (unpaired) electrons. The average Bonchev–Trinajstić information content (AvgIpc) is 3.11. The van der Waals surface area contributed by atoms with Crippen LogP contribution < -0.4 is 5.32 Å². The number of carbonyl (C=O) groups is 1. The van der Waals surface area contributed by atoms with E-state index < -0.39 is 0 Å². The molecule has 3 rings (SSSR count). The largest absolute Gasteiger partial charge is 0.332 e. The molecule has 0 fully saturated rings. The zero-order valence-electron chi connectivity index (χ0n) is 15.9. The molecule has 2 aromatic heterocycles. The second-order valence-electron chi connectivity index (χ2n) is 6.70. The van der Waals surface area contributed by atoms with Gasteiger partial charge < -0.3 is 14.4 Å². The number of nitrogens with zero attached hydrogens (tertiary/aromatic N) is 3. The van der Waals surface area contributed by atoms with E-state index in [-0.39, 0.29) is 12.5 Å². The van der Waals surface area contributed by atoms with E-state index in [1.54, 1.807) is 0 Å². The number of aromatic nitrogens is 3. The van der Waals surface area contributed by atoms with Crippen LogP contribution in [0.25, 0.3) is 11.6 Å². The first-order valence-electron chi connectivity index (χ1n) is 8.75. The number of hydrogen-bond acceptors (Lipinski definition) is 4. The van der Waals surface area contributed by atoms with Crippen LogP contribution in [0.5, 0.6) is 0 Å². The van der Waals surface area contributed by atoms with Gasteiger partial charge >= 0.3 is 0 Å². The maximum Gasteiger partial charge on any atom is 0.274 e. The number of benzene rings is 1. The molecule has 1 amide bonds. The summed E-state index contributed by atoms with van der Waals surface area (Å²) in [6.45, 7) is 10.1. The van der Waals surface area contributed by atoms with Crippen molar-refractivity contribution >= 4 is 11.6 Å². The topological polar surface area (TPSA) is 73.0 Å². The molecule has 136 valence electrons. The Morgan fingerprint density at radius 2 is 1.81 bits per heavy atom. The van der Waals surface area contributed by atoms with Crippen molar-refractivity contribution in [1.29, 1.82) is 0 Å². The van der Waals surface area contributed by atoms with Gasteiger partial charge in [-0.1, -0.05) is 18.1 Å². The van der Waals surface area contributed by atoms with Crippen molar-refractivity contribution in [3.8, 4) is 11.6 Å². The summed E-state index contributed by atoms with van der Waals surface area (Å²) in [6.07, 6.45) is 0.704.